The molecule has 1 aliphatic heterocycles. The predicted octanol–water partition coefficient (Wildman–Crippen LogP) is 1.78. The SMILES string of the molecule is COC1CN(Cc2nc(C(C)(C)C)co2)CCO1. The molecule has 0 N–H and O–H groups in total. The first-order valence-electron chi connectivity index (χ1n) is 6.30. The van der Waals surface area contributed by atoms with Crippen LogP contribution in [0, 0.1) is 0 Å². The molecule has 2 heterocycles. The summed E-state index contributed by atoms with van der Waals surface area (Å²) in [4.78, 5) is 6.77. The van der Waals surface area contributed by atoms with Crippen LogP contribution in [0.25, 0.3) is 0 Å². The third kappa shape index (κ3) is 3.31. The van der Waals surface area contributed by atoms with Gasteiger partial charge in [-0.05, 0) is 0 Å². The highest BCUT2D eigenvalue weighted by Crippen LogP contribution is 2.21. The Morgan fingerprint density at radius 2 is 2.28 bits per heavy atom. The number of hydrogen-bond donors (Lipinski definition) is 0. The average Bonchev–Trinajstić information content (AvgIpc) is 2.77. The molecule has 0 amide bonds. The van der Waals surface area contributed by atoms with Gasteiger partial charge in [0.15, 0.2) is 6.29 Å². The Labute approximate surface area is 108 Å². The van der Waals surface area contributed by atoms with Gasteiger partial charge in [0.05, 0.1) is 25.4 Å². The largest absolute Gasteiger partial charge is 0.447 e. The summed E-state index contributed by atoms with van der Waals surface area (Å²) in [5, 5.41) is 0. The smallest absolute Gasteiger partial charge is 0.208 e. The average molecular weight is 254 g/mol. The summed E-state index contributed by atoms with van der Waals surface area (Å²) >= 11 is 0. The van der Waals surface area contributed by atoms with Crippen molar-refractivity contribution in [2.45, 2.75) is 39.0 Å². The van der Waals surface area contributed by atoms with E-state index in [-0.39, 0.29) is 11.7 Å². The van der Waals surface area contributed by atoms with Crippen molar-refractivity contribution >= 4 is 0 Å². The minimum Gasteiger partial charge on any atom is -0.447 e. The van der Waals surface area contributed by atoms with Gasteiger partial charge in [-0.3, -0.25) is 4.90 Å². The van der Waals surface area contributed by atoms with Crippen molar-refractivity contribution in [2.75, 3.05) is 26.8 Å². The van der Waals surface area contributed by atoms with Gasteiger partial charge in [0, 0.05) is 19.1 Å². The highest BCUT2D eigenvalue weighted by molar-refractivity contribution is 5.08. The highest BCUT2D eigenvalue weighted by atomic mass is 16.7. The van der Waals surface area contributed by atoms with Gasteiger partial charge in [-0.2, -0.15) is 0 Å². The summed E-state index contributed by atoms with van der Waals surface area (Å²) in [5.41, 5.74) is 1.02. The molecule has 1 fully saturated rings. The van der Waals surface area contributed by atoms with Gasteiger partial charge < -0.3 is 13.9 Å². The third-order valence-electron chi connectivity index (χ3n) is 3.06. The van der Waals surface area contributed by atoms with Gasteiger partial charge >= 0.3 is 0 Å². The Morgan fingerprint density at radius 3 is 2.89 bits per heavy atom. The number of rotatable bonds is 3. The quantitative estimate of drug-likeness (QED) is 0.823. The van der Waals surface area contributed by atoms with Crippen molar-refractivity contribution in [2.24, 2.45) is 0 Å². The fourth-order valence-corrected chi connectivity index (χ4v) is 1.87. The summed E-state index contributed by atoms with van der Waals surface area (Å²) in [6.07, 6.45) is 1.61. The van der Waals surface area contributed by atoms with E-state index in [1.807, 2.05) is 0 Å². The van der Waals surface area contributed by atoms with E-state index in [1.54, 1.807) is 13.4 Å². The number of morpholine rings is 1. The van der Waals surface area contributed by atoms with Crippen LogP contribution in [0.5, 0.6) is 0 Å². The fourth-order valence-electron chi connectivity index (χ4n) is 1.87. The standard InChI is InChI=1S/C13H22N2O3/c1-13(2,3)10-9-18-11(14-10)7-15-5-6-17-12(8-15)16-4/h9,12H,5-8H2,1-4H3. The fraction of sp³-hybridized carbons (Fsp3) is 0.769. The topological polar surface area (TPSA) is 47.7 Å². The van der Waals surface area contributed by atoms with Gasteiger partial charge in [0.25, 0.3) is 0 Å². The maximum Gasteiger partial charge on any atom is 0.208 e. The van der Waals surface area contributed by atoms with Crippen LogP contribution in [0.15, 0.2) is 10.7 Å². The van der Waals surface area contributed by atoms with Crippen LogP contribution in [0.1, 0.15) is 32.4 Å². The van der Waals surface area contributed by atoms with Crippen molar-refractivity contribution in [3.05, 3.63) is 17.8 Å². The minimum absolute atomic E-state index is 0.0296. The number of oxazole rings is 1. The van der Waals surface area contributed by atoms with Gasteiger partial charge in [-0.1, -0.05) is 20.8 Å². The van der Waals surface area contributed by atoms with Crippen molar-refractivity contribution in [3.8, 4) is 0 Å². The molecule has 1 aromatic rings. The molecule has 0 saturated carbocycles. The van der Waals surface area contributed by atoms with E-state index < -0.39 is 0 Å². The van der Waals surface area contributed by atoms with Gasteiger partial charge in [0.1, 0.15) is 6.26 Å². The molecule has 0 radical (unpaired) electrons. The zero-order valence-corrected chi connectivity index (χ0v) is 11.6. The highest BCUT2D eigenvalue weighted by Gasteiger charge is 2.23. The molecule has 2 rings (SSSR count). The Hall–Kier alpha value is -0.910. The molecule has 1 aliphatic rings. The van der Waals surface area contributed by atoms with E-state index in [4.69, 9.17) is 13.9 Å². The van der Waals surface area contributed by atoms with Gasteiger partial charge in [0.2, 0.25) is 5.89 Å². The second kappa shape index (κ2) is 5.38. The zero-order valence-electron chi connectivity index (χ0n) is 11.6. The lowest BCUT2D eigenvalue weighted by Gasteiger charge is -2.30. The second-order valence-electron chi connectivity index (χ2n) is 5.65. The maximum absolute atomic E-state index is 5.53. The van der Waals surface area contributed by atoms with Crippen LogP contribution in [0.3, 0.4) is 0 Å². The molecule has 1 saturated heterocycles. The summed E-state index contributed by atoms with van der Waals surface area (Å²) in [7, 11) is 1.66. The number of aromatic nitrogens is 1. The van der Waals surface area contributed by atoms with E-state index in [0.717, 1.165) is 24.7 Å². The Kier molecular flexibility index (Phi) is 4.04. The molecule has 18 heavy (non-hydrogen) atoms. The van der Waals surface area contributed by atoms with Crippen LogP contribution in [-0.2, 0) is 21.4 Å². The van der Waals surface area contributed by atoms with Crippen LogP contribution in [0.4, 0.5) is 0 Å². The minimum atomic E-state index is -0.143. The first kappa shape index (κ1) is 13.5. The molecule has 5 heteroatoms. The second-order valence-corrected chi connectivity index (χ2v) is 5.65. The van der Waals surface area contributed by atoms with Crippen molar-refractivity contribution in [1.82, 2.24) is 9.88 Å². The summed E-state index contributed by atoms with van der Waals surface area (Å²) < 4.78 is 16.2. The summed E-state index contributed by atoms with van der Waals surface area (Å²) in [6.45, 7) is 9.42. The Morgan fingerprint density at radius 1 is 1.50 bits per heavy atom. The molecule has 0 aromatic carbocycles. The molecule has 5 nitrogen and oxygen atoms in total. The zero-order chi connectivity index (χ0) is 13.2. The van der Waals surface area contributed by atoms with E-state index in [0.29, 0.717) is 13.2 Å². The first-order valence-corrected chi connectivity index (χ1v) is 6.30. The number of nitrogens with zero attached hydrogens (tertiary/aromatic N) is 2. The molecular formula is C13H22N2O3. The first-order chi connectivity index (χ1) is 8.49. The number of methoxy groups -OCH3 is 1. The van der Waals surface area contributed by atoms with E-state index in [2.05, 4.69) is 30.7 Å². The van der Waals surface area contributed by atoms with Crippen molar-refractivity contribution in [3.63, 3.8) is 0 Å². The molecule has 0 spiro atoms. The summed E-state index contributed by atoms with van der Waals surface area (Å²) in [6, 6.07) is 0. The number of hydrogen-bond acceptors (Lipinski definition) is 5. The summed E-state index contributed by atoms with van der Waals surface area (Å²) in [5.74, 6) is 0.761. The molecule has 102 valence electrons. The molecule has 1 atom stereocenters. The molecular weight excluding hydrogens is 232 g/mol. The van der Waals surface area contributed by atoms with Crippen LogP contribution < -0.4 is 0 Å². The van der Waals surface area contributed by atoms with Gasteiger partial charge in [-0.25, -0.2) is 4.98 Å². The van der Waals surface area contributed by atoms with E-state index in [1.165, 1.54) is 0 Å². The molecule has 0 aliphatic carbocycles. The molecule has 0 bridgehead atoms. The van der Waals surface area contributed by atoms with E-state index >= 15 is 0 Å². The third-order valence-corrected chi connectivity index (χ3v) is 3.06. The number of ether oxygens (including phenoxy) is 2. The van der Waals surface area contributed by atoms with Crippen molar-refractivity contribution < 1.29 is 13.9 Å². The Bertz CT molecular complexity index is 384. The van der Waals surface area contributed by atoms with E-state index in [9.17, 15) is 0 Å². The Balaban J connectivity index is 1.95. The van der Waals surface area contributed by atoms with Gasteiger partial charge in [-0.15, -0.1) is 0 Å². The molecule has 1 aromatic heterocycles. The predicted molar refractivity (Wildman–Crippen MR) is 67.2 cm³/mol. The van der Waals surface area contributed by atoms with Crippen LogP contribution >= 0.6 is 0 Å². The normalized spacial score (nSPS) is 22.3. The lowest BCUT2D eigenvalue weighted by molar-refractivity contribution is -0.166. The van der Waals surface area contributed by atoms with Crippen LogP contribution in [-0.4, -0.2) is 43.0 Å². The van der Waals surface area contributed by atoms with Crippen molar-refractivity contribution in [1.29, 1.82) is 0 Å². The maximum atomic E-state index is 5.53. The monoisotopic (exact) mass is 254 g/mol. The lowest BCUT2D eigenvalue weighted by atomic mass is 9.93. The molecule has 1 unspecified atom stereocenters. The lowest BCUT2D eigenvalue weighted by Crippen LogP contribution is -2.42. The van der Waals surface area contributed by atoms with Crippen LogP contribution in [0.2, 0.25) is 0 Å².